The van der Waals surface area contributed by atoms with Gasteiger partial charge in [-0.15, -0.1) is 0 Å². The van der Waals surface area contributed by atoms with Crippen LogP contribution in [0.4, 0.5) is 4.39 Å². The van der Waals surface area contributed by atoms with Crippen LogP contribution >= 0.6 is 45.8 Å². The van der Waals surface area contributed by atoms with E-state index in [2.05, 4.69) is 9.97 Å². The molecule has 0 spiro atoms. The second kappa shape index (κ2) is 6.30. The van der Waals surface area contributed by atoms with Gasteiger partial charge in [-0.2, -0.15) is 0 Å². The Labute approximate surface area is 133 Å². The van der Waals surface area contributed by atoms with Crippen LogP contribution in [0.3, 0.4) is 0 Å². The van der Waals surface area contributed by atoms with E-state index in [1.54, 1.807) is 13.2 Å². The molecule has 0 aliphatic heterocycles. The van der Waals surface area contributed by atoms with Gasteiger partial charge in [0.25, 0.3) is 0 Å². The zero-order chi connectivity index (χ0) is 14.0. The fourth-order valence-electron chi connectivity index (χ4n) is 1.46. The van der Waals surface area contributed by atoms with Crippen molar-refractivity contribution in [3.05, 3.63) is 43.5 Å². The van der Waals surface area contributed by atoms with Crippen LogP contribution in [0.1, 0.15) is 5.69 Å². The molecule has 0 saturated carbocycles. The monoisotopic (exact) mass is 412 g/mol. The maximum atomic E-state index is 13.4. The van der Waals surface area contributed by atoms with E-state index < -0.39 is 5.82 Å². The van der Waals surface area contributed by atoms with Gasteiger partial charge >= 0.3 is 0 Å². The molecule has 7 heteroatoms. The van der Waals surface area contributed by atoms with Crippen LogP contribution in [0.5, 0.6) is 0 Å². The summed E-state index contributed by atoms with van der Waals surface area (Å²) in [6.07, 6.45) is 0. The molecule has 2 aromatic rings. The van der Waals surface area contributed by atoms with Gasteiger partial charge in [-0.05, 0) is 40.8 Å². The lowest BCUT2D eigenvalue weighted by Gasteiger charge is -2.08. The minimum Gasteiger partial charge on any atom is -0.378 e. The fraction of sp³-hybridized carbons (Fsp3) is 0.167. The summed E-state index contributed by atoms with van der Waals surface area (Å²) in [6, 6.07) is 4.37. The molecule has 0 radical (unpaired) electrons. The molecule has 1 aromatic heterocycles. The molecule has 0 aliphatic rings. The Morgan fingerprint density at radius 1 is 1.32 bits per heavy atom. The second-order valence-electron chi connectivity index (χ2n) is 3.66. The van der Waals surface area contributed by atoms with Gasteiger partial charge in [0, 0.05) is 12.7 Å². The van der Waals surface area contributed by atoms with Crippen molar-refractivity contribution in [3.63, 3.8) is 0 Å². The van der Waals surface area contributed by atoms with Crippen molar-refractivity contribution in [1.29, 1.82) is 0 Å². The molecule has 0 atom stereocenters. The number of halogens is 4. The van der Waals surface area contributed by atoms with Crippen molar-refractivity contribution < 1.29 is 9.13 Å². The average molecular weight is 413 g/mol. The minimum absolute atomic E-state index is 0.0532. The molecule has 1 aromatic carbocycles. The van der Waals surface area contributed by atoms with Crippen molar-refractivity contribution in [2.24, 2.45) is 0 Å². The number of benzene rings is 1. The molecule has 0 fully saturated rings. The summed E-state index contributed by atoms with van der Waals surface area (Å²) in [5.74, 6) is -0.182. The van der Waals surface area contributed by atoms with Gasteiger partial charge in [0.15, 0.2) is 5.82 Å². The lowest BCUT2D eigenvalue weighted by molar-refractivity contribution is 0.181. The van der Waals surface area contributed by atoms with E-state index in [1.807, 2.05) is 22.6 Å². The Morgan fingerprint density at radius 3 is 2.68 bits per heavy atom. The summed E-state index contributed by atoms with van der Waals surface area (Å²) < 4.78 is 19.2. The highest BCUT2D eigenvalue weighted by molar-refractivity contribution is 14.1. The Kier molecular flexibility index (Phi) is 4.94. The predicted octanol–water partition coefficient (Wildman–Crippen LogP) is 4.34. The summed E-state index contributed by atoms with van der Waals surface area (Å²) in [5.41, 5.74) is 1.17. The zero-order valence-electron chi connectivity index (χ0n) is 9.75. The van der Waals surface area contributed by atoms with Gasteiger partial charge in [-0.1, -0.05) is 23.2 Å². The largest absolute Gasteiger partial charge is 0.378 e. The van der Waals surface area contributed by atoms with Crippen molar-refractivity contribution in [2.75, 3.05) is 7.11 Å². The molecule has 0 saturated heterocycles. The van der Waals surface area contributed by atoms with Crippen LogP contribution in [-0.2, 0) is 11.3 Å². The van der Waals surface area contributed by atoms with Crippen molar-refractivity contribution >= 4 is 45.8 Å². The summed E-state index contributed by atoms with van der Waals surface area (Å²) in [7, 11) is 1.56. The SMILES string of the molecule is COCc1nc(-c2ccc(Cl)c(F)c2)nc(Cl)c1I. The molecular weight excluding hydrogens is 405 g/mol. The number of nitrogens with zero attached hydrogens (tertiary/aromatic N) is 2. The lowest BCUT2D eigenvalue weighted by atomic mass is 10.2. The first-order valence-electron chi connectivity index (χ1n) is 5.19. The zero-order valence-corrected chi connectivity index (χ0v) is 13.4. The Balaban J connectivity index is 2.52. The third kappa shape index (κ3) is 3.34. The third-order valence-corrected chi connectivity index (χ3v) is 4.37. The van der Waals surface area contributed by atoms with Crippen LogP contribution < -0.4 is 0 Å². The van der Waals surface area contributed by atoms with Crippen LogP contribution in [-0.4, -0.2) is 17.1 Å². The Morgan fingerprint density at radius 2 is 2.05 bits per heavy atom. The Hall–Kier alpha value is -0.500. The summed E-state index contributed by atoms with van der Waals surface area (Å²) in [4.78, 5) is 8.46. The maximum Gasteiger partial charge on any atom is 0.161 e. The summed E-state index contributed by atoms with van der Waals surface area (Å²) >= 11 is 13.7. The van der Waals surface area contributed by atoms with E-state index in [1.165, 1.54) is 12.1 Å². The quantitative estimate of drug-likeness (QED) is 0.555. The van der Waals surface area contributed by atoms with E-state index in [4.69, 9.17) is 27.9 Å². The number of hydrogen-bond donors (Lipinski definition) is 0. The standard InChI is InChI=1S/C12H8Cl2FIN2O/c1-19-5-9-10(16)11(14)18-12(17-9)6-2-3-7(13)8(15)4-6/h2-4H,5H2,1H3. The molecule has 3 nitrogen and oxygen atoms in total. The van der Waals surface area contributed by atoms with Crippen molar-refractivity contribution in [3.8, 4) is 11.4 Å². The average Bonchev–Trinajstić information content (AvgIpc) is 2.38. The second-order valence-corrected chi connectivity index (χ2v) is 5.50. The first kappa shape index (κ1) is 14.9. The molecule has 19 heavy (non-hydrogen) atoms. The molecule has 0 amide bonds. The van der Waals surface area contributed by atoms with Crippen LogP contribution in [0.2, 0.25) is 10.2 Å². The Bertz CT molecular complexity index is 625. The van der Waals surface area contributed by atoms with Crippen molar-refractivity contribution in [2.45, 2.75) is 6.61 Å². The first-order valence-corrected chi connectivity index (χ1v) is 7.02. The fourth-order valence-corrected chi connectivity index (χ4v) is 2.16. The van der Waals surface area contributed by atoms with E-state index in [-0.39, 0.29) is 5.02 Å². The van der Waals surface area contributed by atoms with E-state index in [9.17, 15) is 4.39 Å². The molecule has 1 heterocycles. The predicted molar refractivity (Wildman–Crippen MR) is 80.9 cm³/mol. The molecule has 0 aliphatic carbocycles. The highest BCUT2D eigenvalue weighted by atomic mass is 127. The van der Waals surface area contributed by atoms with Crippen molar-refractivity contribution in [1.82, 2.24) is 9.97 Å². The topological polar surface area (TPSA) is 35.0 Å². The van der Waals surface area contributed by atoms with E-state index in [0.717, 1.165) is 3.57 Å². The molecule has 0 N–H and O–H groups in total. The smallest absolute Gasteiger partial charge is 0.161 e. The third-order valence-electron chi connectivity index (χ3n) is 2.34. The highest BCUT2D eigenvalue weighted by Crippen LogP contribution is 2.26. The van der Waals surface area contributed by atoms with Gasteiger partial charge < -0.3 is 4.74 Å². The molecule has 100 valence electrons. The highest BCUT2D eigenvalue weighted by Gasteiger charge is 2.13. The van der Waals surface area contributed by atoms with Crippen LogP contribution in [0.25, 0.3) is 11.4 Å². The van der Waals surface area contributed by atoms with Gasteiger partial charge in [0.1, 0.15) is 11.0 Å². The van der Waals surface area contributed by atoms with Crippen LogP contribution in [0, 0.1) is 9.39 Å². The molecular formula is C12H8Cl2FIN2O. The van der Waals surface area contributed by atoms with Gasteiger partial charge in [-0.3, -0.25) is 0 Å². The number of hydrogen-bond acceptors (Lipinski definition) is 3. The number of methoxy groups -OCH3 is 1. The lowest BCUT2D eigenvalue weighted by Crippen LogP contribution is -2.02. The first-order chi connectivity index (χ1) is 9.02. The van der Waals surface area contributed by atoms with Gasteiger partial charge in [0.2, 0.25) is 0 Å². The molecule has 0 unspecified atom stereocenters. The maximum absolute atomic E-state index is 13.4. The molecule has 0 bridgehead atoms. The van der Waals surface area contributed by atoms with Gasteiger partial charge in [-0.25, -0.2) is 14.4 Å². The number of rotatable bonds is 3. The summed E-state index contributed by atoms with van der Waals surface area (Å²) in [5, 5.41) is 0.366. The van der Waals surface area contributed by atoms with Crippen LogP contribution in [0.15, 0.2) is 18.2 Å². The van der Waals surface area contributed by atoms with E-state index >= 15 is 0 Å². The normalized spacial score (nSPS) is 10.8. The van der Waals surface area contributed by atoms with E-state index in [0.29, 0.717) is 28.8 Å². The molecule has 2 rings (SSSR count). The summed E-state index contributed by atoms with van der Waals surface area (Å²) in [6.45, 7) is 0.309. The number of aromatic nitrogens is 2. The number of ether oxygens (including phenoxy) is 1. The van der Waals surface area contributed by atoms with Gasteiger partial charge in [0.05, 0.1) is 20.9 Å². The minimum atomic E-state index is -0.522.